The molecule has 0 aromatic heterocycles. The minimum Gasteiger partial charge on any atom is -0.497 e. The van der Waals surface area contributed by atoms with Crippen LogP contribution >= 0.6 is 0 Å². The molecule has 2 N–H and O–H groups in total. The number of ether oxygens (including phenoxy) is 1. The number of benzene rings is 1. The molecule has 0 atom stereocenters. The molecule has 12 heteroatoms. The van der Waals surface area contributed by atoms with E-state index in [0.29, 0.717) is 25.1 Å². The molecule has 0 radical (unpaired) electrons. The highest BCUT2D eigenvalue weighted by molar-refractivity contribution is 5.94. The minimum absolute atomic E-state index is 0.0160. The summed E-state index contributed by atoms with van der Waals surface area (Å²) in [6.07, 6.45) is -0.950. The summed E-state index contributed by atoms with van der Waals surface area (Å²) in [5, 5.41) is 10.4. The number of piperidine rings is 1. The molecule has 202 valence electrons. The largest absolute Gasteiger partial charge is 0.497 e. The molecule has 36 heavy (non-hydrogen) atoms. The van der Waals surface area contributed by atoms with Crippen molar-refractivity contribution in [3.05, 3.63) is 29.8 Å². The Balaban J connectivity index is 0.000000572. The predicted octanol–water partition coefficient (Wildman–Crippen LogP) is 2.08. The van der Waals surface area contributed by atoms with E-state index >= 15 is 0 Å². The normalized spacial score (nSPS) is 16.5. The standard InChI is InChI=1S/C22H34N4O3.C2HF3O2/c1-29-20-7-5-19(6-8-20)22(28)26(18-17-24-12-3-2-4-13-24)14-9-21(27)25-15-10-23-11-16-25;3-2(4,5)1(6)7/h5-8,23H,2-4,9-18H2,1H3;(H,6,7). The number of carboxylic acid groups (broad SMARTS) is 1. The molecular formula is C24H35F3N4O5. The minimum atomic E-state index is -5.08. The number of aliphatic carboxylic acids is 1. The first-order chi connectivity index (χ1) is 17.1. The van der Waals surface area contributed by atoms with E-state index in [1.165, 1.54) is 19.3 Å². The Bertz CT molecular complexity index is 839. The molecule has 2 saturated heterocycles. The van der Waals surface area contributed by atoms with Crippen LogP contribution in [0, 0.1) is 0 Å². The van der Waals surface area contributed by atoms with E-state index in [1.807, 2.05) is 21.9 Å². The number of nitrogens with zero attached hydrogens (tertiary/aromatic N) is 3. The third-order valence-electron chi connectivity index (χ3n) is 6.07. The molecule has 0 spiro atoms. The van der Waals surface area contributed by atoms with Crippen molar-refractivity contribution in [2.45, 2.75) is 31.9 Å². The van der Waals surface area contributed by atoms with E-state index in [0.717, 1.165) is 51.6 Å². The number of alkyl halides is 3. The van der Waals surface area contributed by atoms with Crippen molar-refractivity contribution in [1.29, 1.82) is 0 Å². The molecule has 2 amide bonds. The number of halogens is 3. The quantitative estimate of drug-likeness (QED) is 0.546. The number of methoxy groups -OCH3 is 1. The van der Waals surface area contributed by atoms with Crippen LogP contribution in [0.5, 0.6) is 5.75 Å². The molecule has 2 aliphatic rings. The summed E-state index contributed by atoms with van der Waals surface area (Å²) in [6, 6.07) is 7.21. The molecule has 3 rings (SSSR count). The van der Waals surface area contributed by atoms with Gasteiger partial charge in [-0.1, -0.05) is 6.42 Å². The maximum Gasteiger partial charge on any atom is 0.490 e. The Morgan fingerprint density at radius 1 is 1.00 bits per heavy atom. The third-order valence-corrected chi connectivity index (χ3v) is 6.07. The van der Waals surface area contributed by atoms with Crippen LogP contribution in [0.25, 0.3) is 0 Å². The summed E-state index contributed by atoms with van der Waals surface area (Å²) in [4.78, 5) is 40.8. The second kappa shape index (κ2) is 14.6. The fraction of sp³-hybridized carbons (Fsp3) is 0.625. The van der Waals surface area contributed by atoms with Gasteiger partial charge in [0.1, 0.15) is 5.75 Å². The highest BCUT2D eigenvalue weighted by atomic mass is 19.4. The van der Waals surface area contributed by atoms with Crippen LogP contribution in [-0.2, 0) is 9.59 Å². The number of rotatable bonds is 8. The number of likely N-dealkylation sites (tertiary alicyclic amines) is 1. The summed E-state index contributed by atoms with van der Waals surface area (Å²) in [5.74, 6) is -1.91. The molecule has 2 heterocycles. The van der Waals surface area contributed by atoms with Gasteiger partial charge in [0.05, 0.1) is 7.11 Å². The van der Waals surface area contributed by atoms with Gasteiger partial charge in [0.25, 0.3) is 5.91 Å². The Kier molecular flexibility index (Phi) is 11.9. The molecule has 1 aromatic carbocycles. The van der Waals surface area contributed by atoms with Crippen molar-refractivity contribution in [2.75, 3.05) is 66.0 Å². The van der Waals surface area contributed by atoms with Crippen LogP contribution in [0.15, 0.2) is 24.3 Å². The lowest BCUT2D eigenvalue weighted by molar-refractivity contribution is -0.192. The highest BCUT2D eigenvalue weighted by Gasteiger charge is 2.38. The Morgan fingerprint density at radius 3 is 2.11 bits per heavy atom. The van der Waals surface area contributed by atoms with Crippen LogP contribution < -0.4 is 10.1 Å². The first kappa shape index (κ1) is 29.4. The Labute approximate surface area is 209 Å². The topological polar surface area (TPSA) is 102 Å². The molecular weight excluding hydrogens is 481 g/mol. The van der Waals surface area contributed by atoms with E-state index in [2.05, 4.69) is 10.2 Å². The lowest BCUT2D eigenvalue weighted by Crippen LogP contribution is -2.47. The van der Waals surface area contributed by atoms with E-state index in [9.17, 15) is 22.8 Å². The zero-order valence-corrected chi connectivity index (χ0v) is 20.6. The van der Waals surface area contributed by atoms with Crippen LogP contribution in [0.4, 0.5) is 13.2 Å². The van der Waals surface area contributed by atoms with Crippen molar-refractivity contribution in [2.24, 2.45) is 0 Å². The van der Waals surface area contributed by atoms with Crippen molar-refractivity contribution in [3.8, 4) is 5.75 Å². The smallest absolute Gasteiger partial charge is 0.490 e. The lowest BCUT2D eigenvalue weighted by atomic mass is 10.1. The monoisotopic (exact) mass is 516 g/mol. The van der Waals surface area contributed by atoms with Gasteiger partial charge in [-0.2, -0.15) is 13.2 Å². The van der Waals surface area contributed by atoms with E-state index in [1.54, 1.807) is 19.2 Å². The maximum absolute atomic E-state index is 13.1. The molecule has 1 aromatic rings. The average Bonchev–Trinajstić information content (AvgIpc) is 2.89. The van der Waals surface area contributed by atoms with Crippen LogP contribution in [0.3, 0.4) is 0 Å². The molecule has 0 unspecified atom stereocenters. The van der Waals surface area contributed by atoms with Crippen LogP contribution in [0.1, 0.15) is 36.0 Å². The number of amides is 2. The van der Waals surface area contributed by atoms with Crippen LogP contribution in [0.2, 0.25) is 0 Å². The second-order valence-corrected chi connectivity index (χ2v) is 8.61. The predicted molar refractivity (Wildman–Crippen MR) is 127 cm³/mol. The molecule has 0 bridgehead atoms. The van der Waals surface area contributed by atoms with E-state index in [-0.39, 0.29) is 11.8 Å². The SMILES string of the molecule is COc1ccc(C(=O)N(CCC(=O)N2CCNCC2)CCN2CCCCC2)cc1.O=C(O)C(F)(F)F. The van der Waals surface area contributed by atoms with Gasteiger partial charge < -0.3 is 29.9 Å². The van der Waals surface area contributed by atoms with Gasteiger partial charge in [-0.3, -0.25) is 9.59 Å². The summed E-state index contributed by atoms with van der Waals surface area (Å²) >= 11 is 0. The average molecular weight is 517 g/mol. The van der Waals surface area contributed by atoms with Gasteiger partial charge in [0.2, 0.25) is 5.91 Å². The number of hydrogen-bond acceptors (Lipinski definition) is 6. The van der Waals surface area contributed by atoms with Crippen LogP contribution in [-0.4, -0.2) is 110 Å². The number of hydrogen-bond donors (Lipinski definition) is 2. The van der Waals surface area contributed by atoms with Gasteiger partial charge >= 0.3 is 12.1 Å². The van der Waals surface area contributed by atoms with E-state index in [4.69, 9.17) is 14.6 Å². The summed E-state index contributed by atoms with van der Waals surface area (Å²) in [7, 11) is 1.61. The number of carbonyl (C=O) groups excluding carboxylic acids is 2. The van der Waals surface area contributed by atoms with Gasteiger partial charge in [0, 0.05) is 57.8 Å². The molecule has 0 aliphatic carbocycles. The number of nitrogens with one attached hydrogen (secondary N) is 1. The number of carbonyl (C=O) groups is 3. The fourth-order valence-electron chi connectivity index (χ4n) is 3.98. The number of piperazine rings is 1. The van der Waals surface area contributed by atoms with Gasteiger partial charge in [0.15, 0.2) is 0 Å². The van der Waals surface area contributed by atoms with Gasteiger partial charge in [-0.15, -0.1) is 0 Å². The zero-order valence-electron chi connectivity index (χ0n) is 20.6. The first-order valence-corrected chi connectivity index (χ1v) is 12.1. The zero-order chi connectivity index (χ0) is 26.6. The van der Waals surface area contributed by atoms with Crippen molar-refractivity contribution in [3.63, 3.8) is 0 Å². The highest BCUT2D eigenvalue weighted by Crippen LogP contribution is 2.15. The number of carboxylic acids is 1. The Morgan fingerprint density at radius 2 is 1.58 bits per heavy atom. The summed E-state index contributed by atoms with van der Waals surface area (Å²) in [6.45, 7) is 7.36. The van der Waals surface area contributed by atoms with E-state index < -0.39 is 12.1 Å². The first-order valence-electron chi connectivity index (χ1n) is 12.1. The third kappa shape index (κ3) is 10.0. The summed E-state index contributed by atoms with van der Waals surface area (Å²) < 4.78 is 36.9. The maximum atomic E-state index is 13.1. The van der Waals surface area contributed by atoms with Gasteiger partial charge in [-0.05, 0) is 50.2 Å². The lowest BCUT2D eigenvalue weighted by Gasteiger charge is -2.31. The molecule has 2 aliphatic heterocycles. The second-order valence-electron chi connectivity index (χ2n) is 8.61. The molecule has 0 saturated carbocycles. The molecule has 2 fully saturated rings. The summed E-state index contributed by atoms with van der Waals surface area (Å²) in [5.41, 5.74) is 0.638. The van der Waals surface area contributed by atoms with Gasteiger partial charge in [-0.25, -0.2) is 4.79 Å². The molecule has 9 nitrogen and oxygen atoms in total. The fourth-order valence-corrected chi connectivity index (χ4v) is 3.98. The van der Waals surface area contributed by atoms with Crippen molar-refractivity contribution < 1.29 is 37.4 Å². The van der Waals surface area contributed by atoms with Crippen molar-refractivity contribution >= 4 is 17.8 Å². The van der Waals surface area contributed by atoms with Crippen molar-refractivity contribution in [1.82, 2.24) is 20.0 Å². The Hall–Kier alpha value is -2.86.